The lowest BCUT2D eigenvalue weighted by Gasteiger charge is -2.30. The molecule has 3 aromatic heterocycles. The molecule has 4 heterocycles. The van der Waals surface area contributed by atoms with Gasteiger partial charge in [0.05, 0.1) is 46.6 Å². The van der Waals surface area contributed by atoms with E-state index in [-0.39, 0.29) is 12.5 Å². The Morgan fingerprint density at radius 2 is 2.14 bits per heavy atom. The number of para-hydroxylation sites is 1. The molecule has 1 atom stereocenters. The number of benzene rings is 2. The Morgan fingerprint density at radius 1 is 1.27 bits per heavy atom. The van der Waals surface area contributed by atoms with Crippen LogP contribution in [-0.4, -0.2) is 55.9 Å². The number of aryl methyl sites for hydroxylation is 1. The SMILES string of the molecule is Cn1c(-c2cc3cccc(C#N)c3n2Cc2ccno2)nc2cc3c(cc21)CCN(CC(N)CF)C3=O. The number of aromatic nitrogens is 4. The second-order valence-electron chi connectivity index (χ2n) is 9.36. The van der Waals surface area contributed by atoms with E-state index in [9.17, 15) is 14.4 Å². The maximum Gasteiger partial charge on any atom is 0.254 e. The van der Waals surface area contributed by atoms with Crippen LogP contribution in [0.25, 0.3) is 33.5 Å². The highest BCUT2D eigenvalue weighted by atomic mass is 19.1. The molecule has 0 saturated carbocycles. The summed E-state index contributed by atoms with van der Waals surface area (Å²) in [5.41, 5.74) is 11.0. The third-order valence-corrected chi connectivity index (χ3v) is 7.00. The summed E-state index contributed by atoms with van der Waals surface area (Å²) < 4.78 is 22.3. The molecule has 5 aromatic rings. The molecule has 2 N–H and O–H groups in total. The van der Waals surface area contributed by atoms with Gasteiger partial charge in [-0.1, -0.05) is 17.3 Å². The van der Waals surface area contributed by atoms with E-state index in [1.807, 2.05) is 46.5 Å². The van der Waals surface area contributed by atoms with Crippen LogP contribution in [0.3, 0.4) is 0 Å². The first-order valence-corrected chi connectivity index (χ1v) is 12.0. The summed E-state index contributed by atoms with van der Waals surface area (Å²) in [6.45, 7) is 0.385. The Balaban J connectivity index is 1.50. The fourth-order valence-electron chi connectivity index (χ4n) is 5.19. The van der Waals surface area contributed by atoms with Gasteiger partial charge in [0.25, 0.3) is 5.91 Å². The van der Waals surface area contributed by atoms with Crippen molar-refractivity contribution in [3.8, 4) is 17.6 Å². The van der Waals surface area contributed by atoms with Gasteiger partial charge >= 0.3 is 0 Å². The summed E-state index contributed by atoms with van der Waals surface area (Å²) in [4.78, 5) is 19.7. The predicted octanol–water partition coefficient (Wildman–Crippen LogP) is 3.40. The molecule has 1 unspecified atom stereocenters. The van der Waals surface area contributed by atoms with Crippen molar-refractivity contribution in [1.82, 2.24) is 24.2 Å². The van der Waals surface area contributed by atoms with Crippen LogP contribution in [0.1, 0.15) is 27.2 Å². The fraction of sp³-hybridized carbons (Fsp3) is 0.259. The van der Waals surface area contributed by atoms with Crippen LogP contribution < -0.4 is 5.73 Å². The summed E-state index contributed by atoms with van der Waals surface area (Å²) in [7, 11) is 1.94. The molecule has 0 aliphatic carbocycles. The zero-order chi connectivity index (χ0) is 25.7. The van der Waals surface area contributed by atoms with Gasteiger partial charge in [-0.25, -0.2) is 9.37 Å². The molecule has 2 aromatic carbocycles. The minimum Gasteiger partial charge on any atom is -0.359 e. The van der Waals surface area contributed by atoms with Gasteiger partial charge in [-0.3, -0.25) is 4.79 Å². The molecule has 6 rings (SSSR count). The van der Waals surface area contributed by atoms with E-state index in [4.69, 9.17) is 15.2 Å². The normalized spacial score (nSPS) is 14.3. The first kappa shape index (κ1) is 22.9. The highest BCUT2D eigenvalue weighted by Gasteiger charge is 2.28. The first-order valence-electron chi connectivity index (χ1n) is 12.0. The number of nitrogens with two attached hydrogens (primary N) is 1. The number of hydrogen-bond acceptors (Lipinski definition) is 6. The van der Waals surface area contributed by atoms with Gasteiger partial charge in [0.15, 0.2) is 11.6 Å². The zero-order valence-corrected chi connectivity index (χ0v) is 20.2. The van der Waals surface area contributed by atoms with Gasteiger partial charge in [0.1, 0.15) is 12.7 Å². The molecule has 0 spiro atoms. The molecular formula is C27H24FN7O2. The average molecular weight is 498 g/mol. The topological polar surface area (TPSA) is 119 Å². The van der Waals surface area contributed by atoms with E-state index >= 15 is 0 Å². The van der Waals surface area contributed by atoms with Crippen LogP contribution in [0.15, 0.2) is 53.2 Å². The van der Waals surface area contributed by atoms with Crippen LogP contribution in [0.2, 0.25) is 0 Å². The number of hydrogen-bond donors (Lipinski definition) is 1. The number of carbonyl (C=O) groups is 1. The summed E-state index contributed by atoms with van der Waals surface area (Å²) in [5, 5.41) is 14.5. The molecule has 0 radical (unpaired) electrons. The van der Waals surface area contributed by atoms with Gasteiger partial charge < -0.3 is 24.3 Å². The number of rotatable bonds is 6. The van der Waals surface area contributed by atoms with E-state index in [0.717, 1.165) is 27.7 Å². The molecule has 1 aliphatic rings. The lowest BCUT2D eigenvalue weighted by atomic mass is 9.97. The van der Waals surface area contributed by atoms with Crippen molar-refractivity contribution in [2.24, 2.45) is 12.8 Å². The molecular weight excluding hydrogens is 473 g/mol. The maximum atomic E-state index is 13.2. The van der Waals surface area contributed by atoms with Crippen LogP contribution in [-0.2, 0) is 20.0 Å². The van der Waals surface area contributed by atoms with Crippen molar-refractivity contribution < 1.29 is 13.7 Å². The van der Waals surface area contributed by atoms with E-state index in [2.05, 4.69) is 11.2 Å². The average Bonchev–Trinajstić information content (AvgIpc) is 3.63. The van der Waals surface area contributed by atoms with Crippen LogP contribution in [0, 0.1) is 11.3 Å². The summed E-state index contributed by atoms with van der Waals surface area (Å²) >= 11 is 0. The molecule has 0 bridgehead atoms. The first-order chi connectivity index (χ1) is 18.0. The third kappa shape index (κ3) is 3.75. The number of fused-ring (bicyclic) bond motifs is 3. The Kier molecular flexibility index (Phi) is 5.50. The Hall–Kier alpha value is -4.49. The number of nitriles is 1. The highest BCUT2D eigenvalue weighted by Crippen LogP contribution is 2.34. The van der Waals surface area contributed by atoms with E-state index in [1.165, 1.54) is 0 Å². The second kappa shape index (κ2) is 8.87. The second-order valence-corrected chi connectivity index (χ2v) is 9.36. The Morgan fingerprint density at radius 3 is 2.89 bits per heavy atom. The van der Waals surface area contributed by atoms with Gasteiger partial charge in [-0.15, -0.1) is 0 Å². The number of imidazole rings is 1. The lowest BCUT2D eigenvalue weighted by molar-refractivity contribution is 0.0725. The van der Waals surface area contributed by atoms with Gasteiger partial charge in [-0.2, -0.15) is 5.26 Å². The molecule has 0 saturated heterocycles. The van der Waals surface area contributed by atoms with E-state index in [0.29, 0.717) is 47.7 Å². The van der Waals surface area contributed by atoms with Crippen molar-refractivity contribution >= 4 is 27.8 Å². The van der Waals surface area contributed by atoms with Crippen molar-refractivity contribution in [2.45, 2.75) is 19.0 Å². The van der Waals surface area contributed by atoms with Gasteiger partial charge in [-0.05, 0) is 36.2 Å². The Labute approximate surface area is 211 Å². The van der Waals surface area contributed by atoms with Crippen LogP contribution in [0.5, 0.6) is 0 Å². The minimum atomic E-state index is -0.694. The summed E-state index contributed by atoms with van der Waals surface area (Å²) in [6, 6.07) is 14.8. The number of carbonyl (C=O) groups excluding carboxylic acids is 1. The quantitative estimate of drug-likeness (QED) is 0.384. The summed E-state index contributed by atoms with van der Waals surface area (Å²) in [5.74, 6) is 1.19. The molecule has 9 nitrogen and oxygen atoms in total. The zero-order valence-electron chi connectivity index (χ0n) is 20.2. The van der Waals surface area contributed by atoms with Crippen molar-refractivity contribution in [1.29, 1.82) is 5.26 Å². The monoisotopic (exact) mass is 497 g/mol. The smallest absolute Gasteiger partial charge is 0.254 e. The predicted molar refractivity (Wildman–Crippen MR) is 136 cm³/mol. The lowest BCUT2D eigenvalue weighted by Crippen LogP contribution is -2.45. The van der Waals surface area contributed by atoms with Crippen molar-refractivity contribution in [3.05, 3.63) is 71.1 Å². The van der Waals surface area contributed by atoms with Crippen molar-refractivity contribution in [2.75, 3.05) is 19.8 Å². The molecule has 186 valence electrons. The van der Waals surface area contributed by atoms with Gasteiger partial charge in [0, 0.05) is 37.2 Å². The number of halogens is 1. The Bertz CT molecular complexity index is 1690. The molecule has 37 heavy (non-hydrogen) atoms. The number of amides is 1. The molecule has 10 heteroatoms. The third-order valence-electron chi connectivity index (χ3n) is 7.00. The largest absolute Gasteiger partial charge is 0.359 e. The van der Waals surface area contributed by atoms with E-state index < -0.39 is 12.7 Å². The standard InChI is InChI=1S/C27H24FN7O2/c1-33-23-9-16-6-8-34(14-19(30)12-28)27(36)21(16)11-22(23)32-26(33)24-10-17-3-2-4-18(13-29)25(17)35(24)15-20-5-7-31-37-20/h2-5,7,9-11,19H,6,8,12,14-15,30H2,1H3. The highest BCUT2D eigenvalue weighted by molar-refractivity contribution is 6.01. The number of nitrogens with zero attached hydrogens (tertiary/aromatic N) is 6. The summed E-state index contributed by atoms with van der Waals surface area (Å²) in [6.07, 6.45) is 2.25. The molecule has 1 aliphatic heterocycles. The van der Waals surface area contributed by atoms with Crippen LogP contribution >= 0.6 is 0 Å². The van der Waals surface area contributed by atoms with Gasteiger partial charge in [0.2, 0.25) is 0 Å². The number of alkyl halides is 1. The maximum absolute atomic E-state index is 13.2. The van der Waals surface area contributed by atoms with Crippen LogP contribution in [0.4, 0.5) is 4.39 Å². The van der Waals surface area contributed by atoms with E-state index in [1.54, 1.807) is 23.2 Å². The molecule has 1 amide bonds. The molecule has 0 fully saturated rings. The fourth-order valence-corrected chi connectivity index (χ4v) is 5.19. The minimum absolute atomic E-state index is 0.155. The van der Waals surface area contributed by atoms with Crippen molar-refractivity contribution in [3.63, 3.8) is 0 Å².